The van der Waals surface area contributed by atoms with Crippen LogP contribution in [0.15, 0.2) is 60.7 Å². The van der Waals surface area contributed by atoms with Crippen LogP contribution in [0.1, 0.15) is 12.8 Å². The Kier molecular flexibility index (Phi) is 6.09. The summed E-state index contributed by atoms with van der Waals surface area (Å²) in [5.41, 5.74) is 0. The van der Waals surface area contributed by atoms with Gasteiger partial charge in [-0.1, -0.05) is 0 Å². The molecule has 0 amide bonds. The van der Waals surface area contributed by atoms with Gasteiger partial charge in [0, 0.05) is 0 Å². The second-order valence-corrected chi connectivity index (χ2v) is 7.30. The van der Waals surface area contributed by atoms with Crippen molar-refractivity contribution in [1.82, 2.24) is 0 Å². The summed E-state index contributed by atoms with van der Waals surface area (Å²) >= 11 is 3.27. The molecule has 0 aliphatic heterocycles. The van der Waals surface area contributed by atoms with Gasteiger partial charge in [-0.2, -0.15) is 0 Å². The third kappa shape index (κ3) is 4.03. The van der Waals surface area contributed by atoms with E-state index in [0.717, 1.165) is 4.89 Å². The summed E-state index contributed by atoms with van der Waals surface area (Å²) in [6.07, 6.45) is 3.87. The van der Waals surface area contributed by atoms with E-state index in [9.17, 15) is 0 Å². The van der Waals surface area contributed by atoms with Gasteiger partial charge in [-0.3, -0.25) is 0 Å². The molecule has 0 radical (unpaired) electrons. The Morgan fingerprint density at radius 1 is 0.722 bits per heavy atom. The van der Waals surface area contributed by atoms with Crippen molar-refractivity contribution in [2.45, 2.75) is 17.7 Å². The van der Waals surface area contributed by atoms with Crippen LogP contribution in [-0.2, 0) is 19.2 Å². The number of unbranched alkanes of at least 4 members (excludes halogenated alkanes) is 1. The molecule has 0 bridgehead atoms. The number of benzene rings is 2. The molecular formula is C16H18PPd. The van der Waals surface area contributed by atoms with Gasteiger partial charge in [0.2, 0.25) is 0 Å². The molecule has 0 spiro atoms. The van der Waals surface area contributed by atoms with E-state index < -0.39 is 0 Å². The number of hydrogen-bond donors (Lipinski definition) is 0. The standard InChI is InChI=1S/C16H18P.Pd/c1-2-3-14-17(15-10-6-4-7-11-15)16-12-8-5-9-13-16;/h4-13H,1-3,14H2;. The Balaban J connectivity index is 2.18. The fraction of sp³-hybridized carbons (Fsp3) is 0.250. The van der Waals surface area contributed by atoms with Crippen LogP contribution in [0.2, 0.25) is 4.89 Å². The molecule has 2 heteroatoms. The van der Waals surface area contributed by atoms with Gasteiger partial charge in [0.1, 0.15) is 0 Å². The zero-order valence-corrected chi connectivity index (χ0v) is 12.8. The normalized spacial score (nSPS) is 10.8. The van der Waals surface area contributed by atoms with Gasteiger partial charge in [-0.05, 0) is 0 Å². The Hall–Kier alpha value is -0.468. The molecule has 0 unspecified atom stereocenters. The van der Waals surface area contributed by atoms with Crippen LogP contribution in [0.5, 0.6) is 0 Å². The molecule has 0 nitrogen and oxygen atoms in total. The molecule has 0 heterocycles. The van der Waals surface area contributed by atoms with E-state index in [1.807, 2.05) is 0 Å². The molecule has 2 aromatic rings. The van der Waals surface area contributed by atoms with Crippen molar-refractivity contribution in [3.8, 4) is 0 Å². The molecule has 2 rings (SSSR count). The first kappa shape index (κ1) is 14.0. The van der Waals surface area contributed by atoms with Gasteiger partial charge in [-0.15, -0.1) is 0 Å². The Labute approximate surface area is 122 Å². The van der Waals surface area contributed by atoms with Crippen LogP contribution in [0.4, 0.5) is 0 Å². The van der Waals surface area contributed by atoms with Crippen molar-refractivity contribution in [2.24, 2.45) is 0 Å². The first-order valence-electron chi connectivity index (χ1n) is 6.31. The minimum absolute atomic E-state index is 0.179. The van der Waals surface area contributed by atoms with Crippen LogP contribution in [0.25, 0.3) is 0 Å². The molecular weight excluding hydrogens is 330 g/mol. The van der Waals surface area contributed by atoms with E-state index in [1.165, 1.54) is 29.6 Å². The van der Waals surface area contributed by atoms with Gasteiger partial charge < -0.3 is 0 Å². The predicted octanol–water partition coefficient (Wildman–Crippen LogP) is 3.86. The molecule has 0 aliphatic rings. The van der Waals surface area contributed by atoms with E-state index in [1.54, 1.807) is 0 Å². The first-order chi connectivity index (χ1) is 8.92. The number of rotatable bonds is 6. The van der Waals surface area contributed by atoms with Gasteiger partial charge in [0.25, 0.3) is 0 Å². The van der Waals surface area contributed by atoms with Crippen molar-refractivity contribution in [1.29, 1.82) is 0 Å². The second kappa shape index (κ2) is 7.86. The number of hydrogen-bond acceptors (Lipinski definition) is 0. The van der Waals surface area contributed by atoms with E-state index in [-0.39, 0.29) is 7.92 Å². The summed E-state index contributed by atoms with van der Waals surface area (Å²) in [6.45, 7) is 0. The summed E-state index contributed by atoms with van der Waals surface area (Å²) in [5, 5.41) is 2.99. The van der Waals surface area contributed by atoms with Crippen LogP contribution in [-0.4, -0.2) is 6.16 Å². The minimum atomic E-state index is -0.179. The van der Waals surface area contributed by atoms with Gasteiger partial charge in [0.05, 0.1) is 0 Å². The molecule has 0 aromatic heterocycles. The van der Waals surface area contributed by atoms with E-state index in [0.29, 0.717) is 0 Å². The first-order valence-corrected chi connectivity index (χ1v) is 8.93. The SMILES string of the molecule is [Pd][CH2]CCCP(c1ccccc1)c1ccccc1. The topological polar surface area (TPSA) is 0 Å². The maximum atomic E-state index is 3.27. The van der Waals surface area contributed by atoms with Crippen molar-refractivity contribution < 1.29 is 19.2 Å². The van der Waals surface area contributed by atoms with Crippen LogP contribution < -0.4 is 10.6 Å². The summed E-state index contributed by atoms with van der Waals surface area (Å²) in [5.74, 6) is 0. The zero-order chi connectivity index (χ0) is 12.6. The molecule has 97 valence electrons. The molecule has 0 aliphatic carbocycles. The fourth-order valence-electron chi connectivity index (χ4n) is 1.97. The molecule has 0 saturated heterocycles. The predicted molar refractivity (Wildman–Crippen MR) is 78.0 cm³/mol. The van der Waals surface area contributed by atoms with Crippen molar-refractivity contribution in [3.05, 3.63) is 60.7 Å². The van der Waals surface area contributed by atoms with Crippen LogP contribution in [0, 0.1) is 0 Å². The average Bonchev–Trinajstić information content (AvgIpc) is 2.46. The van der Waals surface area contributed by atoms with E-state index in [2.05, 4.69) is 79.9 Å². The molecule has 0 atom stereocenters. The van der Waals surface area contributed by atoms with E-state index >= 15 is 0 Å². The molecule has 2 aromatic carbocycles. The second-order valence-electron chi connectivity index (χ2n) is 4.19. The molecule has 0 N–H and O–H groups in total. The fourth-order valence-corrected chi connectivity index (χ4v) is 4.78. The van der Waals surface area contributed by atoms with Crippen LogP contribution >= 0.6 is 7.92 Å². The summed E-state index contributed by atoms with van der Waals surface area (Å²) in [4.78, 5) is 1.15. The Bertz CT molecular complexity index is 402. The Morgan fingerprint density at radius 2 is 1.22 bits per heavy atom. The molecule has 0 fully saturated rings. The third-order valence-corrected chi connectivity index (χ3v) is 6.04. The summed E-state index contributed by atoms with van der Waals surface area (Å²) in [6, 6.07) is 21.9. The molecule has 0 saturated carbocycles. The van der Waals surface area contributed by atoms with Crippen molar-refractivity contribution >= 4 is 18.5 Å². The summed E-state index contributed by atoms with van der Waals surface area (Å²) in [7, 11) is -0.179. The van der Waals surface area contributed by atoms with Crippen LogP contribution in [0.3, 0.4) is 0 Å². The van der Waals surface area contributed by atoms with Gasteiger partial charge in [-0.25, -0.2) is 0 Å². The quantitative estimate of drug-likeness (QED) is 0.423. The van der Waals surface area contributed by atoms with Gasteiger partial charge in [0.15, 0.2) is 0 Å². The molecule has 18 heavy (non-hydrogen) atoms. The average molecular weight is 348 g/mol. The zero-order valence-electron chi connectivity index (χ0n) is 10.4. The monoisotopic (exact) mass is 347 g/mol. The van der Waals surface area contributed by atoms with E-state index in [4.69, 9.17) is 0 Å². The maximum absolute atomic E-state index is 3.27. The Morgan fingerprint density at radius 3 is 1.67 bits per heavy atom. The van der Waals surface area contributed by atoms with Gasteiger partial charge >= 0.3 is 122 Å². The van der Waals surface area contributed by atoms with Crippen molar-refractivity contribution in [3.63, 3.8) is 0 Å². The third-order valence-electron chi connectivity index (χ3n) is 2.88. The van der Waals surface area contributed by atoms with Crippen molar-refractivity contribution in [2.75, 3.05) is 6.16 Å². The summed E-state index contributed by atoms with van der Waals surface area (Å²) < 4.78 is 0.